The first-order valence-corrected chi connectivity index (χ1v) is 9.21. The summed E-state index contributed by atoms with van der Waals surface area (Å²) in [7, 11) is 0. The number of carbonyl (C=O) groups is 1. The van der Waals surface area contributed by atoms with Crippen molar-refractivity contribution < 1.29 is 9.53 Å². The maximum Gasteiger partial charge on any atom is 0.410 e. The topological polar surface area (TPSA) is 47.4 Å². The van der Waals surface area contributed by atoms with E-state index in [1.165, 1.54) is 6.42 Å². The van der Waals surface area contributed by atoms with Crippen molar-refractivity contribution in [3.8, 4) is 0 Å². The van der Waals surface area contributed by atoms with Crippen LogP contribution in [0.4, 0.5) is 4.79 Å². The lowest BCUT2D eigenvalue weighted by Gasteiger charge is -2.33. The molecular weight excluding hydrogens is 358 g/mol. The van der Waals surface area contributed by atoms with Crippen LogP contribution in [-0.2, 0) is 4.74 Å². The summed E-state index contributed by atoms with van der Waals surface area (Å²) in [6, 6.07) is 0.408. The van der Waals surface area contributed by atoms with Crippen LogP contribution in [-0.4, -0.2) is 39.5 Å². The van der Waals surface area contributed by atoms with Gasteiger partial charge in [-0.05, 0) is 75.2 Å². The van der Waals surface area contributed by atoms with E-state index in [1.807, 2.05) is 42.7 Å². The van der Waals surface area contributed by atoms with E-state index in [0.717, 1.165) is 36.8 Å². The Balaban J connectivity index is 1.71. The largest absolute Gasteiger partial charge is 0.444 e. The van der Waals surface area contributed by atoms with Gasteiger partial charge in [-0.3, -0.25) is 4.68 Å². The van der Waals surface area contributed by atoms with Crippen molar-refractivity contribution in [1.82, 2.24) is 14.7 Å². The van der Waals surface area contributed by atoms with Gasteiger partial charge < -0.3 is 9.64 Å². The summed E-state index contributed by atoms with van der Waals surface area (Å²) in [5, 5.41) is 4.35. The summed E-state index contributed by atoms with van der Waals surface area (Å²) in [6.45, 7) is 9.55. The molecule has 1 amide bonds. The van der Waals surface area contributed by atoms with E-state index in [1.54, 1.807) is 0 Å². The molecule has 1 saturated heterocycles. The first-order chi connectivity index (χ1) is 10.7. The Labute approximate surface area is 147 Å². The lowest BCUT2D eigenvalue weighted by Crippen LogP contribution is -2.41. The highest BCUT2D eigenvalue weighted by atomic mass is 79.9. The third-order valence-corrected chi connectivity index (χ3v) is 4.69. The standard InChI is InChI=1S/C17H28BrN3O2/c1-13(21-12-15(18)11-19-21)5-6-14-7-9-20(10-8-14)16(22)23-17(2,3)4/h11-14H,5-10H2,1-4H3. The third-order valence-electron chi connectivity index (χ3n) is 4.28. The van der Waals surface area contributed by atoms with Gasteiger partial charge in [-0.25, -0.2) is 4.79 Å². The van der Waals surface area contributed by atoms with E-state index in [0.29, 0.717) is 12.0 Å². The Morgan fingerprint density at radius 3 is 2.61 bits per heavy atom. The summed E-state index contributed by atoms with van der Waals surface area (Å²) in [5.41, 5.74) is -0.415. The number of ether oxygens (including phenoxy) is 1. The molecule has 1 unspecified atom stereocenters. The fraction of sp³-hybridized carbons (Fsp3) is 0.765. The van der Waals surface area contributed by atoms with E-state index in [-0.39, 0.29) is 6.09 Å². The molecular formula is C17H28BrN3O2. The van der Waals surface area contributed by atoms with E-state index < -0.39 is 5.60 Å². The molecule has 1 fully saturated rings. The fourth-order valence-electron chi connectivity index (χ4n) is 2.90. The van der Waals surface area contributed by atoms with Crippen LogP contribution in [0.25, 0.3) is 0 Å². The zero-order chi connectivity index (χ0) is 17.0. The van der Waals surface area contributed by atoms with Crippen LogP contribution < -0.4 is 0 Å². The molecule has 6 heteroatoms. The average Bonchev–Trinajstić information content (AvgIpc) is 2.90. The molecule has 0 aliphatic carbocycles. The molecule has 0 N–H and O–H groups in total. The molecule has 1 aromatic heterocycles. The lowest BCUT2D eigenvalue weighted by atomic mass is 9.91. The number of hydrogen-bond acceptors (Lipinski definition) is 3. The number of likely N-dealkylation sites (tertiary alicyclic amines) is 1. The Hall–Kier alpha value is -1.04. The summed E-state index contributed by atoms with van der Waals surface area (Å²) in [5.74, 6) is 0.690. The van der Waals surface area contributed by atoms with Crippen LogP contribution in [0.5, 0.6) is 0 Å². The van der Waals surface area contributed by atoms with Crippen LogP contribution >= 0.6 is 15.9 Å². The number of carbonyl (C=O) groups excluding carboxylic acids is 1. The number of aromatic nitrogens is 2. The van der Waals surface area contributed by atoms with Crippen molar-refractivity contribution >= 4 is 22.0 Å². The number of amides is 1. The molecule has 0 bridgehead atoms. The van der Waals surface area contributed by atoms with Crippen molar-refractivity contribution in [2.45, 2.75) is 65.0 Å². The van der Waals surface area contributed by atoms with Crippen LogP contribution in [0.2, 0.25) is 0 Å². The number of piperidine rings is 1. The minimum atomic E-state index is -0.415. The van der Waals surface area contributed by atoms with Gasteiger partial charge in [0.15, 0.2) is 0 Å². The van der Waals surface area contributed by atoms with Gasteiger partial charge in [-0.1, -0.05) is 0 Å². The zero-order valence-electron chi connectivity index (χ0n) is 14.6. The van der Waals surface area contributed by atoms with Gasteiger partial charge in [0.1, 0.15) is 5.60 Å². The number of nitrogens with zero attached hydrogens (tertiary/aromatic N) is 3. The highest BCUT2D eigenvalue weighted by molar-refractivity contribution is 9.10. The normalized spacial score (nSPS) is 18.0. The molecule has 1 aromatic rings. The molecule has 1 aliphatic rings. The molecule has 1 atom stereocenters. The first-order valence-electron chi connectivity index (χ1n) is 8.42. The van der Waals surface area contributed by atoms with Gasteiger partial charge in [0.05, 0.1) is 10.7 Å². The summed E-state index contributed by atoms with van der Waals surface area (Å²) >= 11 is 3.44. The third kappa shape index (κ3) is 5.83. The van der Waals surface area contributed by atoms with E-state index in [4.69, 9.17) is 4.74 Å². The van der Waals surface area contributed by atoms with Crippen molar-refractivity contribution in [3.05, 3.63) is 16.9 Å². The molecule has 0 spiro atoms. The minimum Gasteiger partial charge on any atom is -0.444 e. The van der Waals surface area contributed by atoms with E-state index in [9.17, 15) is 4.79 Å². The quantitative estimate of drug-likeness (QED) is 0.758. The van der Waals surface area contributed by atoms with Crippen molar-refractivity contribution in [3.63, 3.8) is 0 Å². The SMILES string of the molecule is CC(CCC1CCN(C(=O)OC(C)(C)C)CC1)n1cc(Br)cn1. The Morgan fingerprint density at radius 2 is 2.09 bits per heavy atom. The highest BCUT2D eigenvalue weighted by Crippen LogP contribution is 2.26. The maximum atomic E-state index is 12.1. The number of hydrogen-bond donors (Lipinski definition) is 0. The van der Waals surface area contributed by atoms with Crippen molar-refractivity contribution in [2.24, 2.45) is 5.92 Å². The van der Waals surface area contributed by atoms with Gasteiger partial charge >= 0.3 is 6.09 Å². The molecule has 1 aliphatic heterocycles. The Kier molecular flexibility index (Phi) is 6.12. The number of halogens is 1. The van der Waals surface area contributed by atoms with Gasteiger partial charge in [-0.2, -0.15) is 5.10 Å². The van der Waals surface area contributed by atoms with Crippen LogP contribution in [0.3, 0.4) is 0 Å². The second-order valence-corrected chi connectivity index (χ2v) is 8.39. The van der Waals surface area contributed by atoms with Crippen LogP contribution in [0.1, 0.15) is 59.4 Å². The Bertz CT molecular complexity index is 516. The first kappa shape index (κ1) is 18.3. The van der Waals surface area contributed by atoms with E-state index >= 15 is 0 Å². The molecule has 0 radical (unpaired) electrons. The molecule has 0 saturated carbocycles. The second-order valence-electron chi connectivity index (χ2n) is 7.48. The predicted molar refractivity (Wildman–Crippen MR) is 94.4 cm³/mol. The molecule has 2 rings (SSSR count). The van der Waals surface area contributed by atoms with Gasteiger partial charge in [0.2, 0.25) is 0 Å². The van der Waals surface area contributed by atoms with Crippen molar-refractivity contribution in [2.75, 3.05) is 13.1 Å². The average molecular weight is 386 g/mol. The zero-order valence-corrected chi connectivity index (χ0v) is 16.2. The summed E-state index contributed by atoms with van der Waals surface area (Å²) in [4.78, 5) is 13.9. The Morgan fingerprint density at radius 1 is 1.43 bits per heavy atom. The second kappa shape index (κ2) is 7.69. The molecule has 23 heavy (non-hydrogen) atoms. The lowest BCUT2D eigenvalue weighted by molar-refractivity contribution is 0.0179. The van der Waals surface area contributed by atoms with Gasteiger partial charge in [0, 0.05) is 25.3 Å². The molecule has 130 valence electrons. The highest BCUT2D eigenvalue weighted by Gasteiger charge is 2.26. The number of rotatable bonds is 4. The molecule has 0 aromatic carbocycles. The van der Waals surface area contributed by atoms with Crippen LogP contribution in [0, 0.1) is 5.92 Å². The van der Waals surface area contributed by atoms with Crippen LogP contribution in [0.15, 0.2) is 16.9 Å². The summed E-state index contributed by atoms with van der Waals surface area (Å²) in [6.07, 6.45) is 8.10. The fourth-order valence-corrected chi connectivity index (χ4v) is 3.20. The smallest absolute Gasteiger partial charge is 0.410 e. The maximum absolute atomic E-state index is 12.1. The molecule has 2 heterocycles. The summed E-state index contributed by atoms with van der Waals surface area (Å²) < 4.78 is 8.48. The predicted octanol–water partition coefficient (Wildman–Crippen LogP) is 4.63. The van der Waals surface area contributed by atoms with Crippen molar-refractivity contribution in [1.29, 1.82) is 0 Å². The monoisotopic (exact) mass is 385 g/mol. The molecule has 5 nitrogen and oxygen atoms in total. The van der Waals surface area contributed by atoms with E-state index in [2.05, 4.69) is 28.0 Å². The minimum absolute atomic E-state index is 0.175. The van der Waals surface area contributed by atoms with Gasteiger partial charge in [0.25, 0.3) is 0 Å². The van der Waals surface area contributed by atoms with Gasteiger partial charge in [-0.15, -0.1) is 0 Å².